The van der Waals surface area contributed by atoms with Crippen LogP contribution in [0.15, 0.2) is 55.0 Å². The molecular formula is C24H22F4N4O2. The molecule has 1 fully saturated rings. The Balaban J connectivity index is 1.57. The number of likely N-dealkylation sites (tertiary alicyclic amines) is 1. The van der Waals surface area contributed by atoms with E-state index in [1.54, 1.807) is 11.0 Å². The third kappa shape index (κ3) is 5.00. The number of nitrogens with zero attached hydrogens (tertiary/aromatic N) is 4. The molecule has 0 saturated carbocycles. The summed E-state index contributed by atoms with van der Waals surface area (Å²) in [4.78, 5) is 27.1. The zero-order valence-corrected chi connectivity index (χ0v) is 18.3. The van der Waals surface area contributed by atoms with Crippen LogP contribution in [0.4, 0.5) is 17.6 Å². The highest BCUT2D eigenvalue weighted by molar-refractivity contribution is 6.00. The van der Waals surface area contributed by atoms with Crippen LogP contribution in [0.2, 0.25) is 0 Å². The molecule has 0 N–H and O–H groups in total. The number of ether oxygens (including phenoxy) is 1. The summed E-state index contributed by atoms with van der Waals surface area (Å²) in [5, 5.41) is 0. The molecule has 1 aromatic carbocycles. The van der Waals surface area contributed by atoms with Crippen LogP contribution in [0.3, 0.4) is 0 Å². The van der Waals surface area contributed by atoms with Gasteiger partial charge >= 0.3 is 6.18 Å². The molecule has 0 radical (unpaired) electrons. The summed E-state index contributed by atoms with van der Waals surface area (Å²) in [6.45, 7) is 2.45. The molecule has 2 atom stereocenters. The van der Waals surface area contributed by atoms with Crippen molar-refractivity contribution in [2.45, 2.75) is 32.0 Å². The van der Waals surface area contributed by atoms with Crippen molar-refractivity contribution in [1.29, 1.82) is 0 Å². The third-order valence-electron chi connectivity index (χ3n) is 5.88. The summed E-state index contributed by atoms with van der Waals surface area (Å²) in [6.07, 6.45) is 0.767. The summed E-state index contributed by atoms with van der Waals surface area (Å²) in [5.74, 6) is -0.804. The van der Waals surface area contributed by atoms with Gasteiger partial charge in [-0.3, -0.25) is 4.79 Å². The first kappa shape index (κ1) is 23.6. The highest BCUT2D eigenvalue weighted by atomic mass is 19.4. The van der Waals surface area contributed by atoms with E-state index in [0.29, 0.717) is 12.7 Å². The maximum absolute atomic E-state index is 14.8. The fraction of sp³-hybridized carbons (Fsp3) is 0.333. The van der Waals surface area contributed by atoms with Crippen molar-refractivity contribution < 1.29 is 27.1 Å². The number of aromatic nitrogens is 3. The topological polar surface area (TPSA) is 68.2 Å². The number of carbonyl (C=O) groups is 1. The minimum absolute atomic E-state index is 0.0235. The van der Waals surface area contributed by atoms with Crippen LogP contribution < -0.4 is 4.74 Å². The zero-order valence-electron chi connectivity index (χ0n) is 18.3. The lowest BCUT2D eigenvalue weighted by Gasteiger charge is -2.40. The smallest absolute Gasteiger partial charge is 0.417 e. The van der Waals surface area contributed by atoms with Crippen LogP contribution in [0.5, 0.6) is 5.88 Å². The van der Waals surface area contributed by atoms with Gasteiger partial charge in [0.2, 0.25) is 5.88 Å². The summed E-state index contributed by atoms with van der Waals surface area (Å²) in [6, 6.07) is 7.51. The molecule has 10 heteroatoms. The first-order valence-electron chi connectivity index (χ1n) is 10.8. The molecule has 1 aliphatic heterocycles. The van der Waals surface area contributed by atoms with Crippen LogP contribution in [0.25, 0.3) is 11.4 Å². The number of hydrogen-bond acceptors (Lipinski definition) is 5. The fourth-order valence-corrected chi connectivity index (χ4v) is 4.07. The van der Waals surface area contributed by atoms with Crippen molar-refractivity contribution in [3.63, 3.8) is 0 Å². The van der Waals surface area contributed by atoms with Crippen LogP contribution in [-0.4, -0.2) is 45.0 Å². The van der Waals surface area contributed by atoms with Gasteiger partial charge in [0.05, 0.1) is 22.7 Å². The molecule has 3 aromatic rings. The van der Waals surface area contributed by atoms with Crippen LogP contribution in [0.1, 0.15) is 35.7 Å². The Hall–Kier alpha value is -3.56. The molecule has 0 spiro atoms. The Morgan fingerprint density at radius 2 is 1.88 bits per heavy atom. The van der Waals surface area contributed by atoms with E-state index in [1.165, 1.54) is 30.6 Å². The van der Waals surface area contributed by atoms with Crippen molar-refractivity contribution in [2.24, 2.45) is 5.92 Å². The fourth-order valence-electron chi connectivity index (χ4n) is 4.07. The van der Waals surface area contributed by atoms with Crippen LogP contribution in [-0.2, 0) is 6.18 Å². The first-order valence-corrected chi connectivity index (χ1v) is 10.8. The van der Waals surface area contributed by atoms with Crippen molar-refractivity contribution in [3.05, 3.63) is 71.9 Å². The monoisotopic (exact) mass is 474 g/mol. The molecule has 6 nitrogen and oxygen atoms in total. The van der Waals surface area contributed by atoms with Gasteiger partial charge in [-0.1, -0.05) is 13.0 Å². The lowest BCUT2D eigenvalue weighted by atomic mass is 9.90. The number of halogens is 4. The van der Waals surface area contributed by atoms with E-state index in [4.69, 9.17) is 4.74 Å². The molecule has 178 valence electrons. The average Bonchev–Trinajstić information content (AvgIpc) is 2.83. The second-order valence-corrected chi connectivity index (χ2v) is 8.11. The number of piperidine rings is 1. The molecule has 2 unspecified atom stereocenters. The number of amides is 1. The molecule has 34 heavy (non-hydrogen) atoms. The quantitative estimate of drug-likeness (QED) is 0.486. The highest BCUT2D eigenvalue weighted by Gasteiger charge is 2.35. The van der Waals surface area contributed by atoms with E-state index in [9.17, 15) is 22.4 Å². The molecule has 0 bridgehead atoms. The number of carbonyl (C=O) groups excluding carboxylic acids is 1. The second-order valence-electron chi connectivity index (χ2n) is 8.11. The number of hydrogen-bond donors (Lipinski definition) is 0. The van der Waals surface area contributed by atoms with Gasteiger partial charge in [-0.15, -0.1) is 0 Å². The van der Waals surface area contributed by atoms with Gasteiger partial charge in [0.25, 0.3) is 5.91 Å². The zero-order chi connectivity index (χ0) is 24.3. The molecule has 1 aliphatic rings. The molecule has 1 amide bonds. The Bertz CT molecular complexity index is 1140. The van der Waals surface area contributed by atoms with Crippen LogP contribution in [0, 0.1) is 11.7 Å². The predicted octanol–water partition coefficient (Wildman–Crippen LogP) is 5.02. The summed E-state index contributed by atoms with van der Waals surface area (Å²) < 4.78 is 58.7. The SMILES string of the molecule is CC1CCCN(C(=O)c2cccc(F)c2-c2ncccn2)C1COc1ccc(C(F)(F)F)cn1. The standard InChI is InChI=1S/C24H22F4N4O2/c1-15-5-3-12-32(19(15)14-34-20-9-8-16(13-31-20)24(26,27)28)23(33)17-6-2-7-18(25)21(17)22-29-10-4-11-30-22/h2,4,6-11,13,15,19H,3,5,12,14H2,1H3. The van der Waals surface area contributed by atoms with Gasteiger partial charge in [0.15, 0.2) is 5.82 Å². The molecule has 2 aromatic heterocycles. The minimum atomic E-state index is -4.49. The molecule has 4 rings (SSSR count). The van der Waals surface area contributed by atoms with Crippen LogP contribution >= 0.6 is 0 Å². The summed E-state index contributed by atoms with van der Waals surface area (Å²) >= 11 is 0. The van der Waals surface area contributed by atoms with E-state index in [2.05, 4.69) is 15.0 Å². The van der Waals surface area contributed by atoms with Gasteiger partial charge in [-0.05, 0) is 43.0 Å². The lowest BCUT2D eigenvalue weighted by molar-refractivity contribution is -0.137. The highest BCUT2D eigenvalue weighted by Crippen LogP contribution is 2.31. The molecule has 1 saturated heterocycles. The normalized spacial score (nSPS) is 18.6. The summed E-state index contributed by atoms with van der Waals surface area (Å²) in [7, 11) is 0. The van der Waals surface area contributed by atoms with Gasteiger partial charge in [-0.25, -0.2) is 19.3 Å². The van der Waals surface area contributed by atoms with Gasteiger partial charge in [0, 0.05) is 31.2 Å². The Kier molecular flexibility index (Phi) is 6.76. The third-order valence-corrected chi connectivity index (χ3v) is 5.88. The van der Waals surface area contributed by atoms with Crippen molar-refractivity contribution in [1.82, 2.24) is 19.9 Å². The van der Waals surface area contributed by atoms with Gasteiger partial charge in [-0.2, -0.15) is 13.2 Å². The van der Waals surface area contributed by atoms with Gasteiger partial charge in [0.1, 0.15) is 12.4 Å². The van der Waals surface area contributed by atoms with Gasteiger partial charge < -0.3 is 9.64 Å². The van der Waals surface area contributed by atoms with E-state index in [0.717, 1.165) is 25.0 Å². The molecule has 0 aliphatic carbocycles. The largest absolute Gasteiger partial charge is 0.475 e. The van der Waals surface area contributed by atoms with E-state index < -0.39 is 17.6 Å². The Morgan fingerprint density at radius 1 is 1.12 bits per heavy atom. The maximum atomic E-state index is 14.8. The maximum Gasteiger partial charge on any atom is 0.417 e. The van der Waals surface area contributed by atoms with E-state index in [1.807, 2.05) is 6.92 Å². The average molecular weight is 474 g/mol. The Labute approximate surface area is 193 Å². The van der Waals surface area contributed by atoms with Crippen molar-refractivity contribution >= 4 is 5.91 Å². The Morgan fingerprint density at radius 3 is 2.56 bits per heavy atom. The predicted molar refractivity (Wildman–Crippen MR) is 115 cm³/mol. The molecule has 3 heterocycles. The number of benzene rings is 1. The minimum Gasteiger partial charge on any atom is -0.475 e. The lowest BCUT2D eigenvalue weighted by Crippen LogP contribution is -2.50. The van der Waals surface area contributed by atoms with Crippen molar-refractivity contribution in [2.75, 3.05) is 13.2 Å². The number of alkyl halides is 3. The first-order chi connectivity index (χ1) is 16.3. The van der Waals surface area contributed by atoms with Crippen molar-refractivity contribution in [3.8, 4) is 17.3 Å². The summed E-state index contributed by atoms with van der Waals surface area (Å²) in [5.41, 5.74) is -0.710. The number of pyridine rings is 1. The van der Waals surface area contributed by atoms with E-state index >= 15 is 0 Å². The second kappa shape index (κ2) is 9.74. The molecular weight excluding hydrogens is 452 g/mol. The number of rotatable bonds is 5. The van der Waals surface area contributed by atoms with E-state index in [-0.39, 0.29) is 47.3 Å².